The second-order valence-corrected chi connectivity index (χ2v) is 12.6. The number of aliphatic hydroxyl groups is 2. The lowest BCUT2D eigenvalue weighted by molar-refractivity contribution is -0.137. The van der Waals surface area contributed by atoms with E-state index in [1.165, 1.54) is 0 Å². The van der Waals surface area contributed by atoms with Crippen LogP contribution in [-0.4, -0.2) is 95.3 Å². The largest absolute Gasteiger partial charge is 0.390 e. The number of likely N-dealkylation sites (N-methyl/N-ethyl adjacent to an activating group) is 2. The fourth-order valence-corrected chi connectivity index (χ4v) is 6.11. The third-order valence-electron chi connectivity index (χ3n) is 9.17. The highest BCUT2D eigenvalue weighted by Gasteiger charge is 2.34. The molecule has 1 fully saturated rings. The van der Waals surface area contributed by atoms with Crippen LogP contribution in [0.25, 0.3) is 0 Å². The van der Waals surface area contributed by atoms with Crippen molar-refractivity contribution in [3.8, 4) is 24.7 Å². The van der Waals surface area contributed by atoms with Gasteiger partial charge in [0, 0.05) is 39.4 Å². The van der Waals surface area contributed by atoms with Crippen LogP contribution >= 0.6 is 0 Å². The second-order valence-electron chi connectivity index (χ2n) is 12.6. The van der Waals surface area contributed by atoms with E-state index < -0.39 is 42.0 Å². The maximum absolute atomic E-state index is 13.8. The second kappa shape index (κ2) is 21.4. The van der Waals surface area contributed by atoms with Crippen LogP contribution in [0.5, 0.6) is 0 Å². The van der Waals surface area contributed by atoms with Crippen LogP contribution in [0.1, 0.15) is 83.6 Å². The Kier molecular flexibility index (Phi) is 18.1. The Morgan fingerprint density at radius 1 is 0.957 bits per heavy atom. The SMILES string of the molecule is C#CCC[C@H](O)[C@H](O)[C@H](CC1CCCCC1)NC(=O)[C@H](CC#C)NC(=O)[C@@H](CC(=O)N(C)CCN(CC)CC)Cc1ccccc1. The van der Waals surface area contributed by atoms with Gasteiger partial charge in [-0.2, -0.15) is 0 Å². The van der Waals surface area contributed by atoms with E-state index in [4.69, 9.17) is 12.8 Å². The van der Waals surface area contributed by atoms with Gasteiger partial charge in [0.05, 0.1) is 18.1 Å². The van der Waals surface area contributed by atoms with Crippen LogP contribution in [0.3, 0.4) is 0 Å². The molecule has 3 amide bonds. The smallest absolute Gasteiger partial charge is 0.243 e. The van der Waals surface area contributed by atoms with Crippen molar-refractivity contribution in [1.29, 1.82) is 0 Å². The number of nitrogens with one attached hydrogen (secondary N) is 2. The molecule has 1 aromatic carbocycles. The Bertz CT molecular complexity index is 1140. The molecule has 0 heterocycles. The van der Waals surface area contributed by atoms with Crippen LogP contribution in [-0.2, 0) is 20.8 Å². The van der Waals surface area contributed by atoms with Gasteiger partial charge in [-0.15, -0.1) is 24.7 Å². The van der Waals surface area contributed by atoms with E-state index in [0.717, 1.165) is 57.3 Å². The Morgan fingerprint density at radius 3 is 2.24 bits per heavy atom. The molecular formula is C37H56N4O5. The molecule has 5 atom stereocenters. The van der Waals surface area contributed by atoms with Gasteiger partial charge in [-0.3, -0.25) is 14.4 Å². The summed E-state index contributed by atoms with van der Waals surface area (Å²) in [5.74, 6) is 3.41. The van der Waals surface area contributed by atoms with Crippen molar-refractivity contribution >= 4 is 17.7 Å². The topological polar surface area (TPSA) is 122 Å². The monoisotopic (exact) mass is 636 g/mol. The molecule has 1 aliphatic carbocycles. The number of rotatable bonds is 20. The number of aliphatic hydroxyl groups excluding tert-OH is 2. The van der Waals surface area contributed by atoms with E-state index >= 15 is 0 Å². The molecule has 9 heteroatoms. The van der Waals surface area contributed by atoms with E-state index in [9.17, 15) is 24.6 Å². The Balaban J connectivity index is 2.20. The first-order valence-electron chi connectivity index (χ1n) is 17.0. The molecular weight excluding hydrogens is 580 g/mol. The van der Waals surface area contributed by atoms with Gasteiger partial charge in [-0.25, -0.2) is 0 Å². The summed E-state index contributed by atoms with van der Waals surface area (Å²) >= 11 is 0. The van der Waals surface area contributed by atoms with Crippen molar-refractivity contribution in [2.45, 2.75) is 109 Å². The highest BCUT2D eigenvalue weighted by atomic mass is 16.3. The lowest BCUT2D eigenvalue weighted by atomic mass is 9.82. The molecule has 254 valence electrons. The molecule has 9 nitrogen and oxygen atoms in total. The van der Waals surface area contributed by atoms with Crippen molar-refractivity contribution in [2.75, 3.05) is 33.2 Å². The first-order chi connectivity index (χ1) is 22.1. The van der Waals surface area contributed by atoms with Crippen molar-refractivity contribution in [2.24, 2.45) is 11.8 Å². The zero-order valence-corrected chi connectivity index (χ0v) is 28.1. The van der Waals surface area contributed by atoms with Gasteiger partial charge in [0.1, 0.15) is 12.1 Å². The summed E-state index contributed by atoms with van der Waals surface area (Å²) in [6.07, 6.45) is 15.2. The van der Waals surface area contributed by atoms with Crippen LogP contribution in [0.4, 0.5) is 0 Å². The summed E-state index contributed by atoms with van der Waals surface area (Å²) < 4.78 is 0. The number of terminal acetylenes is 2. The molecule has 0 bridgehead atoms. The summed E-state index contributed by atoms with van der Waals surface area (Å²) in [4.78, 5) is 44.6. The fraction of sp³-hybridized carbons (Fsp3) is 0.649. The number of hydrogen-bond donors (Lipinski definition) is 4. The van der Waals surface area contributed by atoms with Crippen molar-refractivity contribution in [3.05, 3.63) is 35.9 Å². The number of benzene rings is 1. The summed E-state index contributed by atoms with van der Waals surface area (Å²) in [7, 11) is 1.74. The molecule has 0 unspecified atom stereocenters. The summed E-state index contributed by atoms with van der Waals surface area (Å²) in [6.45, 7) is 7.21. The first-order valence-corrected chi connectivity index (χ1v) is 17.0. The third kappa shape index (κ3) is 13.5. The van der Waals surface area contributed by atoms with E-state index in [-0.39, 0.29) is 25.2 Å². The minimum atomic E-state index is -1.23. The molecule has 1 aliphatic rings. The Hall–Kier alpha value is -3.37. The average Bonchev–Trinajstić information content (AvgIpc) is 3.07. The van der Waals surface area contributed by atoms with E-state index in [1.54, 1.807) is 11.9 Å². The highest BCUT2D eigenvalue weighted by molar-refractivity contribution is 5.91. The standard InChI is InChI=1S/C37H56N4O5/c1-6-10-22-33(42)35(44)32(26-29-20-15-12-16-21-29)39-37(46)31(17-7-2)38-36(45)30(25-28-18-13-11-14-19-28)27-34(43)40(5)23-24-41(8-3)9-4/h1-2,11,13-14,18-19,29-33,35,42,44H,8-10,12,15-17,20-27H2,3-5H3,(H,38,45)(H,39,46)/t30-,31+,32+,33+,35-/m1/s1. The Morgan fingerprint density at radius 2 is 1.63 bits per heavy atom. The normalized spacial score (nSPS) is 16.7. The zero-order valence-electron chi connectivity index (χ0n) is 28.1. The highest BCUT2D eigenvalue weighted by Crippen LogP contribution is 2.29. The van der Waals surface area contributed by atoms with E-state index in [2.05, 4.69) is 41.2 Å². The van der Waals surface area contributed by atoms with Crippen LogP contribution in [0.15, 0.2) is 30.3 Å². The Labute approximate surface area is 276 Å². The van der Waals surface area contributed by atoms with Gasteiger partial charge in [0.2, 0.25) is 17.7 Å². The minimum Gasteiger partial charge on any atom is -0.390 e. The molecule has 0 spiro atoms. The maximum Gasteiger partial charge on any atom is 0.243 e. The molecule has 0 aromatic heterocycles. The van der Waals surface area contributed by atoms with Gasteiger partial charge in [0.15, 0.2) is 0 Å². The first kappa shape index (κ1) is 38.8. The molecule has 46 heavy (non-hydrogen) atoms. The lowest BCUT2D eigenvalue weighted by Gasteiger charge is -2.33. The van der Waals surface area contributed by atoms with Gasteiger partial charge < -0.3 is 30.6 Å². The summed E-state index contributed by atoms with van der Waals surface area (Å²) in [6, 6.07) is 7.66. The minimum absolute atomic E-state index is 0.0236. The van der Waals surface area contributed by atoms with Crippen LogP contribution < -0.4 is 10.6 Å². The molecule has 0 saturated heterocycles. The molecule has 4 N–H and O–H groups in total. The summed E-state index contributed by atoms with van der Waals surface area (Å²) in [5.41, 5.74) is 0.899. The number of carbonyl (C=O) groups is 3. The maximum atomic E-state index is 13.8. The van der Waals surface area contributed by atoms with Gasteiger partial charge in [-0.1, -0.05) is 76.3 Å². The average molecular weight is 637 g/mol. The number of hydrogen-bond acceptors (Lipinski definition) is 6. The number of nitrogens with zero attached hydrogens (tertiary/aromatic N) is 2. The fourth-order valence-electron chi connectivity index (χ4n) is 6.11. The van der Waals surface area contributed by atoms with E-state index in [1.807, 2.05) is 30.3 Å². The predicted octanol–water partition coefficient (Wildman–Crippen LogP) is 3.13. The van der Waals surface area contributed by atoms with Crippen molar-refractivity contribution in [1.82, 2.24) is 20.4 Å². The third-order valence-corrected chi connectivity index (χ3v) is 9.17. The van der Waals surface area contributed by atoms with Crippen molar-refractivity contribution in [3.63, 3.8) is 0 Å². The lowest BCUT2D eigenvalue weighted by Crippen LogP contribution is -2.56. The molecule has 0 aliphatic heterocycles. The zero-order chi connectivity index (χ0) is 33.9. The van der Waals surface area contributed by atoms with Crippen LogP contribution in [0.2, 0.25) is 0 Å². The number of amides is 3. The molecule has 0 radical (unpaired) electrons. The molecule has 1 aromatic rings. The van der Waals surface area contributed by atoms with E-state index in [0.29, 0.717) is 31.7 Å². The summed E-state index contributed by atoms with van der Waals surface area (Å²) in [5, 5.41) is 27.5. The molecule has 2 rings (SSSR count). The predicted molar refractivity (Wildman–Crippen MR) is 182 cm³/mol. The molecule has 1 saturated carbocycles. The van der Waals surface area contributed by atoms with Crippen molar-refractivity contribution < 1.29 is 24.6 Å². The van der Waals surface area contributed by atoms with Gasteiger partial charge >= 0.3 is 0 Å². The van der Waals surface area contributed by atoms with Crippen LogP contribution in [0, 0.1) is 36.5 Å². The number of carbonyl (C=O) groups excluding carboxylic acids is 3. The van der Waals surface area contributed by atoms with Gasteiger partial charge in [-0.05, 0) is 43.8 Å². The van der Waals surface area contributed by atoms with Gasteiger partial charge in [0.25, 0.3) is 0 Å². The quantitative estimate of drug-likeness (QED) is 0.163.